The zero-order chi connectivity index (χ0) is 50.0. The van der Waals surface area contributed by atoms with Gasteiger partial charge in [0, 0.05) is 19.3 Å². The summed E-state index contributed by atoms with van der Waals surface area (Å²) in [6.45, 7) is 6.29. The van der Waals surface area contributed by atoms with Crippen molar-refractivity contribution in [3.05, 3.63) is 146 Å². The van der Waals surface area contributed by atoms with Gasteiger partial charge in [-0.1, -0.05) is 224 Å². The summed E-state index contributed by atoms with van der Waals surface area (Å²) in [7, 11) is 0. The van der Waals surface area contributed by atoms with Crippen molar-refractivity contribution in [1.82, 2.24) is 0 Å². The fourth-order valence-corrected chi connectivity index (χ4v) is 6.81. The first-order chi connectivity index (χ1) is 34.0. The van der Waals surface area contributed by atoms with E-state index in [0.29, 0.717) is 19.3 Å². The first-order valence-corrected chi connectivity index (χ1v) is 27.3. The van der Waals surface area contributed by atoms with Crippen molar-refractivity contribution >= 4 is 17.9 Å². The minimum atomic E-state index is -0.825. The highest BCUT2D eigenvalue weighted by Crippen LogP contribution is 2.12. The molecule has 0 saturated heterocycles. The zero-order valence-corrected chi connectivity index (χ0v) is 44.0. The maximum absolute atomic E-state index is 12.8. The van der Waals surface area contributed by atoms with E-state index in [1.807, 2.05) is 0 Å². The van der Waals surface area contributed by atoms with Gasteiger partial charge in [0.15, 0.2) is 6.10 Å². The molecule has 0 aromatic heterocycles. The summed E-state index contributed by atoms with van der Waals surface area (Å²) < 4.78 is 16.7. The first kappa shape index (κ1) is 64.3. The molecule has 0 rings (SSSR count). The molecular weight excluding hydrogens is 853 g/mol. The molecule has 69 heavy (non-hydrogen) atoms. The molecule has 0 bridgehead atoms. The van der Waals surface area contributed by atoms with Crippen molar-refractivity contribution in [3.8, 4) is 0 Å². The van der Waals surface area contributed by atoms with E-state index in [4.69, 9.17) is 14.2 Å². The molecule has 386 valence electrons. The van der Waals surface area contributed by atoms with E-state index in [0.717, 1.165) is 128 Å². The summed E-state index contributed by atoms with van der Waals surface area (Å²) in [5, 5.41) is 0. The zero-order valence-electron chi connectivity index (χ0n) is 44.0. The normalized spacial score (nSPS) is 13.3. The van der Waals surface area contributed by atoms with E-state index in [-0.39, 0.29) is 37.5 Å². The lowest BCUT2D eigenvalue weighted by atomic mass is 10.1. The van der Waals surface area contributed by atoms with Crippen molar-refractivity contribution in [1.29, 1.82) is 0 Å². The molecule has 0 aromatic rings. The fourth-order valence-electron chi connectivity index (χ4n) is 6.81. The van der Waals surface area contributed by atoms with Crippen LogP contribution < -0.4 is 0 Å². The summed E-state index contributed by atoms with van der Waals surface area (Å²) >= 11 is 0. The minimum Gasteiger partial charge on any atom is -0.462 e. The van der Waals surface area contributed by atoms with Crippen molar-refractivity contribution < 1.29 is 28.6 Å². The standard InChI is InChI=1S/C63H98O6/c1-4-7-10-13-16-19-21-23-25-27-28-29-30-31-32-33-34-36-37-39-41-44-47-50-53-56-62(65)68-59-60(58-67-61(64)55-52-49-46-43-18-15-12-9-6-3)69-63(66)57-54-51-48-45-42-40-38-35-26-24-22-20-17-14-11-8-5-2/h7-8,10-11,16-17,19-20,23-26,28-29,31-32,34,36,38-41,45,48,60H,4-6,9,12-15,18,21-22,27,30,33,35,37,42-44,46-47,49-59H2,1-3H3/b10-7-,11-8-,19-16-,20-17-,25-23-,26-24-,29-28-,32-31-,36-34-,40-38-,41-39-,48-45-. The van der Waals surface area contributed by atoms with Crippen LogP contribution in [0.5, 0.6) is 0 Å². The maximum atomic E-state index is 12.8. The third kappa shape index (κ3) is 54.1. The minimum absolute atomic E-state index is 0.116. The summed E-state index contributed by atoms with van der Waals surface area (Å²) in [6, 6.07) is 0. The molecule has 0 amide bonds. The van der Waals surface area contributed by atoms with Gasteiger partial charge in [0.25, 0.3) is 0 Å². The Balaban J connectivity index is 4.46. The number of hydrogen-bond donors (Lipinski definition) is 0. The first-order valence-electron chi connectivity index (χ1n) is 27.3. The van der Waals surface area contributed by atoms with Crippen LogP contribution in [0.4, 0.5) is 0 Å². The predicted molar refractivity (Wildman–Crippen MR) is 297 cm³/mol. The van der Waals surface area contributed by atoms with Crippen LogP contribution in [-0.4, -0.2) is 37.2 Å². The number of rotatable bonds is 47. The smallest absolute Gasteiger partial charge is 0.306 e. The summed E-state index contributed by atoms with van der Waals surface area (Å²) in [6.07, 6.45) is 79.9. The lowest BCUT2D eigenvalue weighted by Crippen LogP contribution is -2.30. The molecule has 0 aliphatic rings. The van der Waals surface area contributed by atoms with Gasteiger partial charge in [-0.15, -0.1) is 0 Å². The third-order valence-corrected chi connectivity index (χ3v) is 10.8. The molecule has 0 aliphatic carbocycles. The van der Waals surface area contributed by atoms with Crippen LogP contribution in [0.1, 0.15) is 213 Å². The number of carbonyl (C=O) groups is 3. The Hall–Kier alpha value is -4.71. The van der Waals surface area contributed by atoms with E-state index in [1.54, 1.807) is 0 Å². The second-order valence-corrected chi connectivity index (χ2v) is 17.4. The highest BCUT2D eigenvalue weighted by molar-refractivity contribution is 5.71. The molecule has 1 unspecified atom stereocenters. The number of esters is 3. The van der Waals surface area contributed by atoms with Crippen LogP contribution in [0.2, 0.25) is 0 Å². The molecule has 6 nitrogen and oxygen atoms in total. The highest BCUT2D eigenvalue weighted by atomic mass is 16.6. The summed E-state index contributed by atoms with van der Waals surface area (Å²) in [5.41, 5.74) is 0. The molecule has 0 aromatic carbocycles. The largest absolute Gasteiger partial charge is 0.462 e. The van der Waals surface area contributed by atoms with Crippen molar-refractivity contribution in [2.45, 2.75) is 219 Å². The molecule has 0 spiro atoms. The lowest BCUT2D eigenvalue weighted by Gasteiger charge is -2.18. The van der Waals surface area contributed by atoms with Gasteiger partial charge in [0.1, 0.15) is 13.2 Å². The number of carbonyl (C=O) groups excluding carboxylic acids is 3. The van der Waals surface area contributed by atoms with E-state index >= 15 is 0 Å². The van der Waals surface area contributed by atoms with E-state index in [2.05, 4.69) is 167 Å². The Bertz CT molecular complexity index is 1560. The predicted octanol–water partition coefficient (Wildman–Crippen LogP) is 18.4. The van der Waals surface area contributed by atoms with Gasteiger partial charge in [-0.25, -0.2) is 0 Å². The number of ether oxygens (including phenoxy) is 3. The maximum Gasteiger partial charge on any atom is 0.306 e. The van der Waals surface area contributed by atoms with Crippen LogP contribution >= 0.6 is 0 Å². The lowest BCUT2D eigenvalue weighted by molar-refractivity contribution is -0.167. The third-order valence-electron chi connectivity index (χ3n) is 10.8. The topological polar surface area (TPSA) is 78.9 Å². The number of allylic oxidation sites excluding steroid dienone is 24. The Labute approximate surface area is 423 Å². The highest BCUT2D eigenvalue weighted by Gasteiger charge is 2.19. The number of hydrogen-bond acceptors (Lipinski definition) is 6. The van der Waals surface area contributed by atoms with Crippen LogP contribution in [0, 0.1) is 0 Å². The fraction of sp³-hybridized carbons (Fsp3) is 0.571. The van der Waals surface area contributed by atoms with Gasteiger partial charge in [-0.05, 0) is 116 Å². The molecule has 0 heterocycles. The number of unbranched alkanes of at least 4 members (excludes halogenated alkanes) is 12. The van der Waals surface area contributed by atoms with Gasteiger partial charge >= 0.3 is 17.9 Å². The molecule has 0 fully saturated rings. The Kier molecular flexibility index (Phi) is 52.1. The second kappa shape index (κ2) is 55.9. The molecule has 1 atom stereocenters. The van der Waals surface area contributed by atoms with Crippen LogP contribution in [-0.2, 0) is 28.6 Å². The van der Waals surface area contributed by atoms with Gasteiger partial charge in [0.05, 0.1) is 0 Å². The Morgan fingerprint density at radius 2 is 0.580 bits per heavy atom. The molecule has 0 N–H and O–H groups in total. The van der Waals surface area contributed by atoms with Gasteiger partial charge in [-0.3, -0.25) is 14.4 Å². The molecular formula is C63H98O6. The summed E-state index contributed by atoms with van der Waals surface area (Å²) in [4.78, 5) is 38.0. The molecule has 6 heteroatoms. The van der Waals surface area contributed by atoms with Gasteiger partial charge in [-0.2, -0.15) is 0 Å². The van der Waals surface area contributed by atoms with E-state index in [1.165, 1.54) is 38.5 Å². The van der Waals surface area contributed by atoms with Crippen LogP contribution in [0.15, 0.2) is 146 Å². The average Bonchev–Trinajstić information content (AvgIpc) is 3.35. The van der Waals surface area contributed by atoms with E-state index in [9.17, 15) is 14.4 Å². The quantitative estimate of drug-likeness (QED) is 0.0262. The van der Waals surface area contributed by atoms with Crippen molar-refractivity contribution in [3.63, 3.8) is 0 Å². The van der Waals surface area contributed by atoms with Crippen molar-refractivity contribution in [2.24, 2.45) is 0 Å². The average molecular weight is 951 g/mol. The Morgan fingerprint density at radius 1 is 0.304 bits per heavy atom. The Morgan fingerprint density at radius 3 is 0.928 bits per heavy atom. The van der Waals surface area contributed by atoms with Gasteiger partial charge < -0.3 is 14.2 Å². The van der Waals surface area contributed by atoms with Crippen LogP contribution in [0.25, 0.3) is 0 Å². The second-order valence-electron chi connectivity index (χ2n) is 17.4. The molecule has 0 saturated carbocycles. The van der Waals surface area contributed by atoms with Gasteiger partial charge in [0.2, 0.25) is 0 Å². The summed E-state index contributed by atoms with van der Waals surface area (Å²) in [5.74, 6) is -1.02. The van der Waals surface area contributed by atoms with E-state index < -0.39 is 6.10 Å². The molecule has 0 aliphatic heterocycles. The van der Waals surface area contributed by atoms with Crippen LogP contribution in [0.3, 0.4) is 0 Å². The molecule has 0 radical (unpaired) electrons. The van der Waals surface area contributed by atoms with Crippen molar-refractivity contribution in [2.75, 3.05) is 13.2 Å². The SMILES string of the molecule is CC/C=C\C/C=C\C/C=C\C/C=C\C/C=C\C/C=C\C/C=C\CCCCCC(=O)OCC(COC(=O)CCCCCCCCCCC)OC(=O)CCC/C=C\C/C=C\C/C=C\C/C=C\C/C=C\CC. The monoisotopic (exact) mass is 951 g/mol.